The standard InChI is InChI=1S/C46H56F6N8O6/c47-45(48,49)31-15-27(19-33(61)7-3-1-5-9-41(53)54)43(65-35-11-13-57-24-35)29(17-31)21-39(63)37-23-38(60-26-59-37)40(64)22-30-18-32(46(50,51)52)16-28(44(30)66-36-12-14-58-25-36)20-34(62)8-4-2-6-10-42(55)56/h15-18,23,26,35-36,57-58H,1-14,19-22,24-25H2,(H3,53,54)(H3,55,56)/t35-,36-/m1/s1. The van der Waals surface area contributed by atoms with E-state index < -0.39 is 72.9 Å². The molecule has 0 amide bonds. The molecule has 0 radical (unpaired) electrons. The number of nitrogens with zero attached hydrogens (tertiary/aromatic N) is 2. The van der Waals surface area contributed by atoms with E-state index in [1.165, 1.54) is 0 Å². The number of aromatic nitrogens is 2. The second kappa shape index (κ2) is 23.6. The summed E-state index contributed by atoms with van der Waals surface area (Å²) < 4.78 is 98.6. The highest BCUT2D eigenvalue weighted by atomic mass is 19.4. The first-order valence-electron chi connectivity index (χ1n) is 22.0. The lowest BCUT2D eigenvalue weighted by Gasteiger charge is -2.22. The van der Waals surface area contributed by atoms with E-state index in [1.54, 1.807) is 0 Å². The van der Waals surface area contributed by atoms with Gasteiger partial charge in [0.05, 0.1) is 22.8 Å². The molecule has 5 rings (SSSR count). The SMILES string of the molecule is N=C(N)CCCCCC(=O)Cc1cc(C(F)(F)F)cc(CC(=O)c2cc(C(=O)Cc3cc(C(F)(F)F)cc(CC(=O)CCCCCC(=N)N)c3O[C@@H]3CCNC3)ncn2)c1O[C@@H]1CCNC1. The molecule has 2 aliphatic rings. The third-order valence-electron chi connectivity index (χ3n) is 11.3. The number of rotatable bonds is 26. The fourth-order valence-electron chi connectivity index (χ4n) is 7.87. The Kier molecular flexibility index (Phi) is 18.3. The van der Waals surface area contributed by atoms with E-state index in [-0.39, 0.29) is 81.2 Å². The molecule has 3 heterocycles. The van der Waals surface area contributed by atoms with Gasteiger partial charge in [0.25, 0.3) is 0 Å². The van der Waals surface area contributed by atoms with Crippen molar-refractivity contribution < 1.29 is 55.0 Å². The molecule has 3 aromatic rings. The summed E-state index contributed by atoms with van der Waals surface area (Å²) in [6.45, 7) is 1.88. The monoisotopic (exact) mass is 930 g/mol. The molecule has 0 spiro atoms. The van der Waals surface area contributed by atoms with E-state index in [0.717, 1.165) is 36.7 Å². The number of benzene rings is 2. The number of ketones is 4. The summed E-state index contributed by atoms with van der Waals surface area (Å²) in [4.78, 5) is 62.1. The van der Waals surface area contributed by atoms with Gasteiger partial charge >= 0.3 is 12.4 Å². The summed E-state index contributed by atoms with van der Waals surface area (Å²) in [5, 5.41) is 20.9. The third kappa shape index (κ3) is 15.7. The van der Waals surface area contributed by atoms with E-state index in [9.17, 15) is 45.5 Å². The molecular formula is C46H56F6N8O6. The maximum atomic E-state index is 14.4. The smallest absolute Gasteiger partial charge is 0.416 e. The van der Waals surface area contributed by atoms with Gasteiger partial charge in [0.2, 0.25) is 0 Å². The Labute approximate surface area is 378 Å². The van der Waals surface area contributed by atoms with Crippen LogP contribution in [0.15, 0.2) is 36.7 Å². The number of hydrogen-bond acceptors (Lipinski definition) is 12. The van der Waals surface area contributed by atoms with Crippen molar-refractivity contribution in [2.75, 3.05) is 26.2 Å². The summed E-state index contributed by atoms with van der Waals surface area (Å²) in [5.41, 5.74) is 7.41. The Morgan fingerprint density at radius 3 is 1.27 bits per heavy atom. The normalized spacial score (nSPS) is 16.3. The number of ether oxygens (including phenoxy) is 2. The minimum absolute atomic E-state index is 0.0119. The van der Waals surface area contributed by atoms with Crippen molar-refractivity contribution in [3.8, 4) is 11.5 Å². The lowest BCUT2D eigenvalue weighted by molar-refractivity contribution is -0.138. The largest absolute Gasteiger partial charge is 0.488 e. The zero-order chi connectivity index (χ0) is 48.0. The lowest BCUT2D eigenvalue weighted by atomic mass is 9.94. The van der Waals surface area contributed by atoms with Crippen molar-refractivity contribution in [3.63, 3.8) is 0 Å². The van der Waals surface area contributed by atoms with Crippen molar-refractivity contribution >= 4 is 34.8 Å². The average molecular weight is 931 g/mol. The Morgan fingerprint density at radius 1 is 0.576 bits per heavy atom. The fourth-order valence-corrected chi connectivity index (χ4v) is 7.87. The van der Waals surface area contributed by atoms with Crippen LogP contribution < -0.4 is 31.6 Å². The van der Waals surface area contributed by atoms with Gasteiger partial charge in [-0.05, 0) is 81.9 Å². The van der Waals surface area contributed by atoms with Crippen molar-refractivity contribution in [2.24, 2.45) is 11.5 Å². The molecule has 8 N–H and O–H groups in total. The van der Waals surface area contributed by atoms with Crippen LogP contribution in [0.4, 0.5) is 26.3 Å². The molecule has 14 nitrogen and oxygen atoms in total. The van der Waals surface area contributed by atoms with Crippen LogP contribution in [0, 0.1) is 10.8 Å². The molecule has 66 heavy (non-hydrogen) atoms. The van der Waals surface area contributed by atoms with Gasteiger partial charge in [-0.25, -0.2) is 9.97 Å². The molecule has 2 saturated heterocycles. The number of Topliss-reactive ketones (excluding diaryl/α,β-unsaturated/α-hetero) is 4. The highest BCUT2D eigenvalue weighted by Gasteiger charge is 2.36. The summed E-state index contributed by atoms with van der Waals surface area (Å²) in [6.07, 6.45) is -6.98. The van der Waals surface area contributed by atoms with Gasteiger partial charge in [-0.1, -0.05) is 12.8 Å². The highest BCUT2D eigenvalue weighted by Crippen LogP contribution is 2.39. The lowest BCUT2D eigenvalue weighted by Crippen LogP contribution is -2.23. The Bertz CT molecular complexity index is 2090. The maximum Gasteiger partial charge on any atom is 0.416 e. The highest BCUT2D eigenvalue weighted by molar-refractivity contribution is 6.01. The van der Waals surface area contributed by atoms with E-state index in [0.29, 0.717) is 90.4 Å². The molecule has 0 bridgehead atoms. The van der Waals surface area contributed by atoms with Gasteiger partial charge in [-0.15, -0.1) is 0 Å². The molecule has 2 aliphatic heterocycles. The number of nitrogens with two attached hydrogens (primary N) is 2. The van der Waals surface area contributed by atoms with Crippen LogP contribution >= 0.6 is 0 Å². The quantitative estimate of drug-likeness (QED) is 0.0160. The molecule has 20 heteroatoms. The maximum absolute atomic E-state index is 14.4. The molecule has 2 aromatic carbocycles. The molecule has 0 unspecified atom stereocenters. The van der Waals surface area contributed by atoms with Crippen LogP contribution in [0.3, 0.4) is 0 Å². The number of unbranched alkanes of at least 4 members (excludes halogenated alkanes) is 4. The van der Waals surface area contributed by atoms with Gasteiger partial charge in [0, 0.05) is 86.7 Å². The number of nitrogens with one attached hydrogen (secondary N) is 4. The van der Waals surface area contributed by atoms with Gasteiger partial charge in [-0.2, -0.15) is 26.3 Å². The Morgan fingerprint density at radius 2 is 0.939 bits per heavy atom. The van der Waals surface area contributed by atoms with Crippen molar-refractivity contribution in [2.45, 2.75) is 127 Å². The molecule has 358 valence electrons. The number of halogens is 6. The van der Waals surface area contributed by atoms with Crippen LogP contribution in [0.5, 0.6) is 11.5 Å². The van der Waals surface area contributed by atoms with Crippen molar-refractivity contribution in [1.82, 2.24) is 20.6 Å². The first-order chi connectivity index (χ1) is 31.3. The third-order valence-corrected chi connectivity index (χ3v) is 11.3. The van der Waals surface area contributed by atoms with E-state index in [2.05, 4.69) is 20.6 Å². The first-order valence-corrected chi connectivity index (χ1v) is 22.0. The molecule has 2 atom stereocenters. The summed E-state index contributed by atoms with van der Waals surface area (Å²) in [7, 11) is 0. The van der Waals surface area contributed by atoms with Crippen LogP contribution in [-0.2, 0) is 47.6 Å². The van der Waals surface area contributed by atoms with Crippen LogP contribution in [-0.4, -0.2) is 83.2 Å². The zero-order valence-electron chi connectivity index (χ0n) is 36.5. The summed E-state index contributed by atoms with van der Waals surface area (Å²) in [5.74, 6) is -2.44. The molecule has 2 fully saturated rings. The molecule has 1 aromatic heterocycles. The van der Waals surface area contributed by atoms with Gasteiger partial charge < -0.3 is 31.6 Å². The van der Waals surface area contributed by atoms with Crippen molar-refractivity contribution in [3.05, 3.63) is 81.4 Å². The van der Waals surface area contributed by atoms with E-state index >= 15 is 0 Å². The molecule has 0 saturated carbocycles. The van der Waals surface area contributed by atoms with E-state index in [1.807, 2.05) is 0 Å². The number of amidine groups is 2. The van der Waals surface area contributed by atoms with Gasteiger partial charge in [0.15, 0.2) is 11.6 Å². The van der Waals surface area contributed by atoms with Crippen LogP contribution in [0.25, 0.3) is 0 Å². The van der Waals surface area contributed by atoms with Crippen LogP contribution in [0.1, 0.15) is 131 Å². The minimum atomic E-state index is -4.87. The van der Waals surface area contributed by atoms with Crippen molar-refractivity contribution in [1.29, 1.82) is 10.8 Å². The topological polar surface area (TPSA) is 236 Å². The fraction of sp³-hybridized carbons (Fsp3) is 0.522. The van der Waals surface area contributed by atoms with Gasteiger partial charge in [-0.3, -0.25) is 30.0 Å². The second-order valence-electron chi connectivity index (χ2n) is 16.8. The first kappa shape index (κ1) is 51.2. The summed E-state index contributed by atoms with van der Waals surface area (Å²) in [6, 6.07) is 4.27. The zero-order valence-corrected chi connectivity index (χ0v) is 36.5. The Hall–Kier alpha value is -5.76. The number of carbonyl (C=O) groups is 4. The molecule has 0 aliphatic carbocycles. The summed E-state index contributed by atoms with van der Waals surface area (Å²) >= 11 is 0. The minimum Gasteiger partial charge on any atom is -0.488 e. The Balaban J connectivity index is 1.42. The number of alkyl halides is 6. The van der Waals surface area contributed by atoms with Gasteiger partial charge in [0.1, 0.15) is 53.0 Å². The van der Waals surface area contributed by atoms with E-state index in [4.69, 9.17) is 31.8 Å². The predicted octanol–water partition coefficient (Wildman–Crippen LogP) is 6.84. The average Bonchev–Trinajstić information content (AvgIpc) is 3.97. The molecular weight excluding hydrogens is 875 g/mol. The number of carbonyl (C=O) groups excluding carboxylic acids is 4. The second-order valence-corrected chi connectivity index (χ2v) is 16.8. The number of hydrogen-bond donors (Lipinski definition) is 6. The predicted molar refractivity (Wildman–Crippen MR) is 232 cm³/mol. The van der Waals surface area contributed by atoms with Crippen LogP contribution in [0.2, 0.25) is 0 Å².